The summed E-state index contributed by atoms with van der Waals surface area (Å²) in [5.41, 5.74) is 2.08. The molecule has 3 fully saturated rings. The summed E-state index contributed by atoms with van der Waals surface area (Å²) >= 11 is 0. The van der Waals surface area contributed by atoms with E-state index in [4.69, 9.17) is 4.74 Å². The van der Waals surface area contributed by atoms with Gasteiger partial charge in [0, 0.05) is 42.4 Å². The Labute approximate surface area is 189 Å². The summed E-state index contributed by atoms with van der Waals surface area (Å²) in [7, 11) is 0. The Morgan fingerprint density at radius 3 is 2.61 bits per heavy atom. The maximum Gasteiger partial charge on any atom is 0.414 e. The number of carbonyl (C=O) groups excluding carboxylic acids is 1. The molecule has 3 aromatic rings. The topological polar surface area (TPSA) is 96.1 Å². The number of anilines is 1. The Morgan fingerprint density at radius 2 is 1.94 bits per heavy atom. The molecule has 1 saturated carbocycles. The first-order chi connectivity index (χ1) is 16.1. The van der Waals surface area contributed by atoms with E-state index in [0.29, 0.717) is 24.3 Å². The van der Waals surface area contributed by atoms with E-state index in [2.05, 4.69) is 21.7 Å². The lowest BCUT2D eigenvalue weighted by molar-refractivity contribution is 0.129. The molecule has 1 unspecified atom stereocenters. The lowest BCUT2D eigenvalue weighted by atomic mass is 9.90. The molecule has 4 atom stereocenters. The molecule has 1 aliphatic carbocycles. The Balaban J connectivity index is 1.19. The van der Waals surface area contributed by atoms with E-state index >= 15 is 4.39 Å². The number of carbonyl (C=O) groups is 1. The maximum atomic E-state index is 15.1. The van der Waals surface area contributed by atoms with Gasteiger partial charge in [-0.2, -0.15) is 5.26 Å². The Kier molecular flexibility index (Phi) is 4.45. The minimum absolute atomic E-state index is 0.190. The van der Waals surface area contributed by atoms with Crippen molar-refractivity contribution in [2.45, 2.75) is 18.1 Å². The minimum Gasteiger partial charge on any atom is -0.442 e. The average molecular weight is 444 g/mol. The van der Waals surface area contributed by atoms with Crippen molar-refractivity contribution in [2.75, 3.05) is 24.5 Å². The second-order valence-corrected chi connectivity index (χ2v) is 8.84. The molecule has 1 N–H and O–H groups in total. The van der Waals surface area contributed by atoms with Crippen LogP contribution >= 0.6 is 0 Å². The van der Waals surface area contributed by atoms with E-state index in [1.165, 1.54) is 6.07 Å². The standard InChI is InChI=1S/C24H21FN6O2/c25-22-9-16(3-6-19(22)24(14-26)20-10-27-11-21(20)24)15-1-4-17(5-2-15)31-13-18(33-23(31)32)12-30-8-7-28-29-30/h1-9,18,20-21,27H,10-13H2/t18-,20-,21+,24?/m0/s1. The summed E-state index contributed by atoms with van der Waals surface area (Å²) in [6, 6.07) is 14.9. The molecule has 2 aromatic carbocycles. The highest BCUT2D eigenvalue weighted by Gasteiger charge is 2.68. The largest absolute Gasteiger partial charge is 0.442 e. The molecule has 0 radical (unpaired) electrons. The van der Waals surface area contributed by atoms with E-state index in [1.54, 1.807) is 28.0 Å². The van der Waals surface area contributed by atoms with Crippen LogP contribution in [0.2, 0.25) is 0 Å². The number of halogens is 1. The second-order valence-electron chi connectivity index (χ2n) is 8.84. The Bertz CT molecular complexity index is 1240. The molecule has 2 aliphatic heterocycles. The number of aromatic nitrogens is 3. The van der Waals surface area contributed by atoms with Gasteiger partial charge in [-0.25, -0.2) is 13.9 Å². The molecule has 1 aromatic heterocycles. The number of nitriles is 1. The fourth-order valence-corrected chi connectivity index (χ4v) is 5.39. The summed E-state index contributed by atoms with van der Waals surface area (Å²) in [5, 5.41) is 20.7. The average Bonchev–Trinajstić information content (AvgIpc) is 3.35. The van der Waals surface area contributed by atoms with Crippen molar-refractivity contribution in [3.05, 3.63) is 66.2 Å². The minimum atomic E-state index is -0.698. The van der Waals surface area contributed by atoms with Crippen LogP contribution in [0.3, 0.4) is 0 Å². The number of hydrogen-bond acceptors (Lipinski definition) is 6. The summed E-state index contributed by atoms with van der Waals surface area (Å²) < 4.78 is 22.2. The van der Waals surface area contributed by atoms with Gasteiger partial charge >= 0.3 is 6.09 Å². The molecule has 1 amide bonds. The third kappa shape index (κ3) is 3.09. The lowest BCUT2D eigenvalue weighted by Crippen LogP contribution is -2.26. The highest BCUT2D eigenvalue weighted by atomic mass is 19.1. The van der Waals surface area contributed by atoms with Gasteiger partial charge in [-0.1, -0.05) is 29.5 Å². The van der Waals surface area contributed by atoms with Gasteiger partial charge in [0.25, 0.3) is 0 Å². The van der Waals surface area contributed by atoms with Gasteiger partial charge < -0.3 is 10.1 Å². The number of benzene rings is 2. The first kappa shape index (κ1) is 19.9. The third-order valence-electron chi connectivity index (χ3n) is 7.12. The number of nitrogens with zero attached hydrogens (tertiary/aromatic N) is 5. The van der Waals surface area contributed by atoms with Gasteiger partial charge in [-0.3, -0.25) is 4.90 Å². The van der Waals surface area contributed by atoms with Crippen molar-refractivity contribution in [3.63, 3.8) is 0 Å². The predicted octanol–water partition coefficient (Wildman–Crippen LogP) is 2.72. The number of piperidine rings is 1. The summed E-state index contributed by atoms with van der Waals surface area (Å²) in [4.78, 5) is 13.9. The SMILES string of the molecule is N#CC1(c2ccc(-c3ccc(N4C[C@H](Cn5ccnn5)OC4=O)cc3)cc2F)[C@@H]2CNC[C@@H]21. The molecular formula is C24H21FN6O2. The van der Waals surface area contributed by atoms with Crippen LogP contribution in [0.25, 0.3) is 11.1 Å². The molecule has 9 heteroatoms. The van der Waals surface area contributed by atoms with Gasteiger partial charge in [-0.05, 0) is 29.3 Å². The van der Waals surface area contributed by atoms with Crippen molar-refractivity contribution in [3.8, 4) is 17.2 Å². The Morgan fingerprint density at radius 1 is 1.18 bits per heavy atom. The highest BCUT2D eigenvalue weighted by Crippen LogP contribution is 2.61. The van der Waals surface area contributed by atoms with Gasteiger partial charge in [0.05, 0.1) is 30.8 Å². The van der Waals surface area contributed by atoms with E-state index in [0.717, 1.165) is 24.2 Å². The molecular weight excluding hydrogens is 423 g/mol. The van der Waals surface area contributed by atoms with E-state index < -0.39 is 11.5 Å². The van der Waals surface area contributed by atoms with Crippen LogP contribution < -0.4 is 10.2 Å². The number of hydrogen-bond donors (Lipinski definition) is 1. The van der Waals surface area contributed by atoms with Crippen LogP contribution in [0.1, 0.15) is 5.56 Å². The van der Waals surface area contributed by atoms with E-state index in [1.807, 2.05) is 30.3 Å². The zero-order chi connectivity index (χ0) is 22.6. The van der Waals surface area contributed by atoms with Crippen LogP contribution in [-0.4, -0.2) is 46.8 Å². The molecule has 0 spiro atoms. The van der Waals surface area contributed by atoms with Gasteiger partial charge in [0.2, 0.25) is 0 Å². The number of amides is 1. The van der Waals surface area contributed by atoms with Crippen molar-refractivity contribution in [1.29, 1.82) is 5.26 Å². The summed E-state index contributed by atoms with van der Waals surface area (Å²) in [6.45, 7) is 2.38. The summed E-state index contributed by atoms with van der Waals surface area (Å²) in [5.74, 6) is 0.0399. The second kappa shape index (κ2) is 7.39. The van der Waals surface area contributed by atoms with Gasteiger partial charge in [0.1, 0.15) is 11.9 Å². The van der Waals surface area contributed by atoms with Crippen LogP contribution in [0.15, 0.2) is 54.9 Å². The predicted molar refractivity (Wildman–Crippen MR) is 117 cm³/mol. The van der Waals surface area contributed by atoms with Crippen molar-refractivity contribution >= 4 is 11.8 Å². The fraction of sp³-hybridized carbons (Fsp3) is 0.333. The van der Waals surface area contributed by atoms with Crippen LogP contribution in [0.5, 0.6) is 0 Å². The molecule has 166 valence electrons. The summed E-state index contributed by atoms with van der Waals surface area (Å²) in [6.07, 6.45) is 2.58. The molecule has 8 nitrogen and oxygen atoms in total. The third-order valence-corrected chi connectivity index (χ3v) is 7.12. The van der Waals surface area contributed by atoms with Crippen LogP contribution in [-0.2, 0) is 16.7 Å². The van der Waals surface area contributed by atoms with Crippen molar-refractivity contribution in [1.82, 2.24) is 20.3 Å². The molecule has 0 bridgehead atoms. The monoisotopic (exact) mass is 444 g/mol. The van der Waals surface area contributed by atoms with Gasteiger partial charge in [-0.15, -0.1) is 5.10 Å². The number of ether oxygens (including phenoxy) is 1. The molecule has 3 aliphatic rings. The molecule has 6 rings (SSSR count). The smallest absolute Gasteiger partial charge is 0.414 e. The lowest BCUT2D eigenvalue weighted by Gasteiger charge is -2.16. The normalized spacial score (nSPS) is 27.8. The van der Waals surface area contributed by atoms with Crippen LogP contribution in [0.4, 0.5) is 14.9 Å². The number of nitrogens with one attached hydrogen (secondary N) is 1. The number of rotatable bonds is 5. The fourth-order valence-electron chi connectivity index (χ4n) is 5.39. The number of cyclic esters (lactones) is 1. The van der Waals surface area contributed by atoms with Crippen molar-refractivity contribution < 1.29 is 13.9 Å². The number of fused-ring (bicyclic) bond motifs is 1. The van der Waals surface area contributed by atoms with E-state index in [9.17, 15) is 10.1 Å². The van der Waals surface area contributed by atoms with Crippen molar-refractivity contribution in [2.24, 2.45) is 11.8 Å². The first-order valence-corrected chi connectivity index (χ1v) is 10.9. The Hall–Kier alpha value is -3.77. The van der Waals surface area contributed by atoms with Gasteiger partial charge in [0.15, 0.2) is 0 Å². The maximum absolute atomic E-state index is 15.1. The first-order valence-electron chi connectivity index (χ1n) is 10.9. The molecule has 2 saturated heterocycles. The highest BCUT2D eigenvalue weighted by molar-refractivity contribution is 5.90. The quantitative estimate of drug-likeness (QED) is 0.650. The van der Waals surface area contributed by atoms with Crippen LogP contribution in [0, 0.1) is 29.0 Å². The zero-order valence-corrected chi connectivity index (χ0v) is 17.7. The molecule has 3 heterocycles. The molecule has 33 heavy (non-hydrogen) atoms. The van der Waals surface area contributed by atoms with E-state index in [-0.39, 0.29) is 23.8 Å². The zero-order valence-electron chi connectivity index (χ0n) is 17.7.